The molecule has 2 unspecified atom stereocenters. The van der Waals surface area contributed by atoms with Gasteiger partial charge in [-0.1, -0.05) is 0 Å². The molecule has 0 spiro atoms. The number of pyridine rings is 1. The maximum absolute atomic E-state index is 9.89. The highest BCUT2D eigenvalue weighted by Gasteiger charge is 2.20. The van der Waals surface area contributed by atoms with Crippen LogP contribution in [0.25, 0.3) is 11.0 Å². The number of hydrogen-bond acceptors (Lipinski definition) is 4. The summed E-state index contributed by atoms with van der Waals surface area (Å²) in [5.74, 6) is 0. The number of aromatic amines is 1. The monoisotopic (exact) mass is 217 g/mol. The Hall–Kier alpha value is -1.90. The molecular formula is C11H11N3O2. The summed E-state index contributed by atoms with van der Waals surface area (Å²) in [6.07, 6.45) is 1.02. The summed E-state index contributed by atoms with van der Waals surface area (Å²) in [7, 11) is 0. The van der Waals surface area contributed by atoms with E-state index < -0.39 is 12.2 Å². The van der Waals surface area contributed by atoms with Crippen molar-refractivity contribution >= 4 is 11.0 Å². The van der Waals surface area contributed by atoms with Crippen LogP contribution in [0.15, 0.2) is 24.5 Å². The first-order chi connectivity index (χ1) is 7.74. The van der Waals surface area contributed by atoms with Crippen LogP contribution in [0.5, 0.6) is 0 Å². The maximum Gasteiger partial charge on any atom is 0.137 e. The van der Waals surface area contributed by atoms with E-state index in [4.69, 9.17) is 5.26 Å². The zero-order chi connectivity index (χ0) is 11.5. The van der Waals surface area contributed by atoms with E-state index >= 15 is 0 Å². The molecule has 0 saturated heterocycles. The Morgan fingerprint density at radius 2 is 2.25 bits per heavy atom. The summed E-state index contributed by atoms with van der Waals surface area (Å²) in [6.45, 7) is 0. The van der Waals surface area contributed by atoms with Crippen LogP contribution in [0, 0.1) is 11.3 Å². The lowest BCUT2D eigenvalue weighted by Gasteiger charge is -2.16. The molecule has 0 aliphatic heterocycles. The Bertz CT molecular complexity index is 529. The van der Waals surface area contributed by atoms with Gasteiger partial charge in [-0.15, -0.1) is 0 Å². The van der Waals surface area contributed by atoms with E-state index in [-0.39, 0.29) is 6.42 Å². The molecular weight excluding hydrogens is 206 g/mol. The molecule has 2 aromatic rings. The lowest BCUT2D eigenvalue weighted by atomic mass is 10.0. The Labute approximate surface area is 92.0 Å². The Morgan fingerprint density at radius 3 is 3.00 bits per heavy atom. The molecule has 0 aliphatic rings. The summed E-state index contributed by atoms with van der Waals surface area (Å²) in [6, 6.07) is 5.24. The van der Waals surface area contributed by atoms with Gasteiger partial charge in [0.15, 0.2) is 0 Å². The van der Waals surface area contributed by atoms with E-state index in [0.717, 1.165) is 5.39 Å². The van der Waals surface area contributed by atoms with Gasteiger partial charge in [-0.25, -0.2) is 4.98 Å². The maximum atomic E-state index is 9.89. The molecule has 0 radical (unpaired) electrons. The van der Waals surface area contributed by atoms with Gasteiger partial charge in [0.25, 0.3) is 0 Å². The van der Waals surface area contributed by atoms with Gasteiger partial charge in [-0.3, -0.25) is 0 Å². The van der Waals surface area contributed by atoms with Crippen molar-refractivity contribution in [3.63, 3.8) is 0 Å². The molecule has 2 atom stereocenters. The predicted molar refractivity (Wildman–Crippen MR) is 57.3 cm³/mol. The van der Waals surface area contributed by atoms with Crippen LogP contribution in [-0.4, -0.2) is 26.3 Å². The fourth-order valence-electron chi connectivity index (χ4n) is 1.65. The van der Waals surface area contributed by atoms with Gasteiger partial charge in [0.05, 0.1) is 18.6 Å². The number of H-pyrrole nitrogens is 1. The molecule has 0 amide bonds. The summed E-state index contributed by atoms with van der Waals surface area (Å²) < 4.78 is 0. The average molecular weight is 217 g/mol. The first-order valence-electron chi connectivity index (χ1n) is 4.89. The normalized spacial score (nSPS) is 14.6. The molecule has 16 heavy (non-hydrogen) atoms. The van der Waals surface area contributed by atoms with Crippen LogP contribution in [0.3, 0.4) is 0 Å². The van der Waals surface area contributed by atoms with E-state index in [9.17, 15) is 10.2 Å². The standard InChI is InChI=1S/C11H11N3O2/c12-4-1-9(15)10(16)7-2-5-13-11-8(7)3-6-14-11/h2-3,5-6,9-10,15-16H,1H2,(H,13,14). The van der Waals surface area contributed by atoms with Crippen LogP contribution in [-0.2, 0) is 0 Å². The third-order valence-corrected chi connectivity index (χ3v) is 2.48. The minimum Gasteiger partial charge on any atom is -0.389 e. The highest BCUT2D eigenvalue weighted by Crippen LogP contribution is 2.25. The van der Waals surface area contributed by atoms with Crippen molar-refractivity contribution in [2.24, 2.45) is 0 Å². The Morgan fingerprint density at radius 1 is 1.44 bits per heavy atom. The fourth-order valence-corrected chi connectivity index (χ4v) is 1.65. The third kappa shape index (κ3) is 1.76. The molecule has 0 aliphatic carbocycles. The first-order valence-corrected chi connectivity index (χ1v) is 4.89. The van der Waals surface area contributed by atoms with Crippen molar-refractivity contribution in [2.45, 2.75) is 18.6 Å². The second kappa shape index (κ2) is 4.31. The molecule has 0 aromatic carbocycles. The number of aliphatic hydroxyl groups excluding tert-OH is 2. The van der Waals surface area contributed by atoms with Crippen molar-refractivity contribution in [1.29, 1.82) is 5.26 Å². The van der Waals surface area contributed by atoms with E-state index in [1.165, 1.54) is 0 Å². The van der Waals surface area contributed by atoms with Crippen LogP contribution in [0.4, 0.5) is 0 Å². The largest absolute Gasteiger partial charge is 0.389 e. The molecule has 0 saturated carbocycles. The number of aliphatic hydroxyl groups is 2. The quantitative estimate of drug-likeness (QED) is 0.711. The molecule has 2 rings (SSSR count). The Balaban J connectivity index is 2.39. The highest BCUT2D eigenvalue weighted by atomic mass is 16.3. The SMILES string of the molecule is N#CCC(O)C(O)c1ccnc2[nH]ccc12. The number of fused-ring (bicyclic) bond motifs is 1. The zero-order valence-electron chi connectivity index (χ0n) is 8.46. The molecule has 5 heteroatoms. The van der Waals surface area contributed by atoms with E-state index in [1.807, 2.05) is 6.07 Å². The van der Waals surface area contributed by atoms with Gasteiger partial charge in [0.2, 0.25) is 0 Å². The molecule has 82 valence electrons. The lowest BCUT2D eigenvalue weighted by Crippen LogP contribution is -2.17. The highest BCUT2D eigenvalue weighted by molar-refractivity contribution is 5.79. The van der Waals surface area contributed by atoms with E-state index in [1.54, 1.807) is 24.5 Å². The van der Waals surface area contributed by atoms with Crippen LogP contribution >= 0.6 is 0 Å². The summed E-state index contributed by atoms with van der Waals surface area (Å²) in [5.41, 5.74) is 1.23. The minimum atomic E-state index is -1.08. The van der Waals surface area contributed by atoms with Crippen molar-refractivity contribution in [3.8, 4) is 6.07 Å². The number of aromatic nitrogens is 2. The van der Waals surface area contributed by atoms with E-state index in [0.29, 0.717) is 11.2 Å². The lowest BCUT2D eigenvalue weighted by molar-refractivity contribution is 0.0225. The summed E-state index contributed by atoms with van der Waals surface area (Å²) in [4.78, 5) is 6.99. The summed E-state index contributed by atoms with van der Waals surface area (Å²) in [5, 5.41) is 28.7. The number of nitrogens with zero attached hydrogens (tertiary/aromatic N) is 2. The predicted octanol–water partition coefficient (Wildman–Crippen LogP) is 0.871. The van der Waals surface area contributed by atoms with Crippen molar-refractivity contribution in [3.05, 3.63) is 30.1 Å². The minimum absolute atomic E-state index is 0.102. The topological polar surface area (TPSA) is 92.9 Å². The van der Waals surface area contributed by atoms with Gasteiger partial charge < -0.3 is 15.2 Å². The van der Waals surface area contributed by atoms with Crippen molar-refractivity contribution < 1.29 is 10.2 Å². The van der Waals surface area contributed by atoms with Gasteiger partial charge in [-0.05, 0) is 17.7 Å². The van der Waals surface area contributed by atoms with Gasteiger partial charge in [-0.2, -0.15) is 5.26 Å². The van der Waals surface area contributed by atoms with Gasteiger partial charge in [0.1, 0.15) is 11.8 Å². The van der Waals surface area contributed by atoms with Crippen LogP contribution in [0.2, 0.25) is 0 Å². The number of nitriles is 1. The number of hydrogen-bond donors (Lipinski definition) is 3. The number of rotatable bonds is 3. The van der Waals surface area contributed by atoms with Crippen molar-refractivity contribution in [2.75, 3.05) is 0 Å². The molecule has 2 heterocycles. The van der Waals surface area contributed by atoms with Crippen LogP contribution < -0.4 is 0 Å². The van der Waals surface area contributed by atoms with Crippen molar-refractivity contribution in [1.82, 2.24) is 9.97 Å². The molecule has 2 aromatic heterocycles. The van der Waals surface area contributed by atoms with Gasteiger partial charge in [0, 0.05) is 17.8 Å². The summed E-state index contributed by atoms with van der Waals surface area (Å²) >= 11 is 0. The smallest absolute Gasteiger partial charge is 0.137 e. The number of nitrogens with one attached hydrogen (secondary N) is 1. The second-order valence-electron chi connectivity index (χ2n) is 3.51. The van der Waals surface area contributed by atoms with Crippen LogP contribution in [0.1, 0.15) is 18.1 Å². The third-order valence-electron chi connectivity index (χ3n) is 2.48. The van der Waals surface area contributed by atoms with E-state index in [2.05, 4.69) is 9.97 Å². The average Bonchev–Trinajstić information content (AvgIpc) is 2.76. The second-order valence-corrected chi connectivity index (χ2v) is 3.51. The zero-order valence-corrected chi connectivity index (χ0v) is 8.46. The molecule has 3 N–H and O–H groups in total. The molecule has 0 fully saturated rings. The molecule has 0 bridgehead atoms. The molecule has 5 nitrogen and oxygen atoms in total. The first kappa shape index (κ1) is 10.6. The van der Waals surface area contributed by atoms with Gasteiger partial charge >= 0.3 is 0 Å². The fraction of sp³-hybridized carbons (Fsp3) is 0.273. The Kier molecular flexibility index (Phi) is 2.86.